The number of fused-ring (bicyclic) bond motifs is 1. The van der Waals surface area contributed by atoms with Gasteiger partial charge in [-0.25, -0.2) is 14.8 Å². The van der Waals surface area contributed by atoms with Crippen LogP contribution >= 0.6 is 0 Å². The number of aryl methyl sites for hydroxylation is 1. The number of hydrogen-bond donors (Lipinski definition) is 1. The monoisotopic (exact) mass is 354 g/mol. The maximum Gasteiger partial charge on any atom is 0.410 e. The second kappa shape index (κ2) is 7.32. The molecule has 2 heterocycles. The third-order valence-corrected chi connectivity index (χ3v) is 4.13. The molecule has 0 fully saturated rings. The molecule has 1 aromatic carbocycles. The first-order chi connectivity index (χ1) is 12.3. The summed E-state index contributed by atoms with van der Waals surface area (Å²) in [5.74, 6) is 1.56. The van der Waals surface area contributed by atoms with Gasteiger partial charge in [0.05, 0.1) is 12.2 Å². The second-order valence-electron chi connectivity index (χ2n) is 7.54. The minimum Gasteiger partial charge on any atom is -0.444 e. The van der Waals surface area contributed by atoms with Gasteiger partial charge in [-0.05, 0) is 39.7 Å². The standard InChI is InChI=1S/C20H26N4O2/c1-14-22-17-13-24(19(25)26-20(2,3)4)11-10-16(17)18(23-14)21-12-15-8-6-5-7-9-15/h5-9H,10-13H2,1-4H3,(H,21,22,23). The minimum absolute atomic E-state index is 0.293. The molecule has 0 radical (unpaired) electrons. The van der Waals surface area contributed by atoms with Crippen molar-refractivity contribution in [3.05, 3.63) is 53.0 Å². The molecule has 1 amide bonds. The Kier molecular flexibility index (Phi) is 5.11. The molecule has 0 unspecified atom stereocenters. The largest absolute Gasteiger partial charge is 0.444 e. The number of benzene rings is 1. The molecule has 0 saturated heterocycles. The molecule has 1 aliphatic heterocycles. The van der Waals surface area contributed by atoms with E-state index in [1.807, 2.05) is 45.9 Å². The van der Waals surface area contributed by atoms with Gasteiger partial charge < -0.3 is 15.0 Å². The van der Waals surface area contributed by atoms with E-state index in [0.29, 0.717) is 31.9 Å². The van der Waals surface area contributed by atoms with Gasteiger partial charge in [0.15, 0.2) is 0 Å². The van der Waals surface area contributed by atoms with E-state index >= 15 is 0 Å². The number of nitrogens with zero attached hydrogens (tertiary/aromatic N) is 3. The van der Waals surface area contributed by atoms with Crippen LogP contribution in [0.1, 0.15) is 43.4 Å². The van der Waals surface area contributed by atoms with E-state index in [9.17, 15) is 4.79 Å². The molecular formula is C20H26N4O2. The average molecular weight is 354 g/mol. The van der Waals surface area contributed by atoms with Crippen LogP contribution in [0, 0.1) is 6.92 Å². The summed E-state index contributed by atoms with van der Waals surface area (Å²) in [6, 6.07) is 10.2. The van der Waals surface area contributed by atoms with Crippen LogP contribution in [0.15, 0.2) is 30.3 Å². The summed E-state index contributed by atoms with van der Waals surface area (Å²) >= 11 is 0. The molecule has 26 heavy (non-hydrogen) atoms. The summed E-state index contributed by atoms with van der Waals surface area (Å²) in [5.41, 5.74) is 2.68. The highest BCUT2D eigenvalue weighted by Crippen LogP contribution is 2.25. The lowest BCUT2D eigenvalue weighted by molar-refractivity contribution is 0.0220. The number of aromatic nitrogens is 2. The Labute approximate surface area is 154 Å². The zero-order valence-corrected chi connectivity index (χ0v) is 15.9. The van der Waals surface area contributed by atoms with E-state index in [1.54, 1.807) is 4.90 Å². The van der Waals surface area contributed by atoms with Gasteiger partial charge in [0.1, 0.15) is 17.2 Å². The van der Waals surface area contributed by atoms with Gasteiger partial charge >= 0.3 is 6.09 Å². The second-order valence-corrected chi connectivity index (χ2v) is 7.54. The Morgan fingerprint density at radius 1 is 1.23 bits per heavy atom. The fourth-order valence-corrected chi connectivity index (χ4v) is 2.96. The molecule has 1 aliphatic rings. The Bertz CT molecular complexity index is 784. The van der Waals surface area contributed by atoms with E-state index in [2.05, 4.69) is 27.4 Å². The SMILES string of the molecule is Cc1nc2c(c(NCc3ccccc3)n1)CCN(C(=O)OC(C)(C)C)C2. The molecule has 0 saturated carbocycles. The molecule has 0 aliphatic carbocycles. The van der Waals surface area contributed by atoms with E-state index in [1.165, 1.54) is 5.56 Å². The maximum atomic E-state index is 12.3. The number of carbonyl (C=O) groups excluding carboxylic acids is 1. The molecule has 2 aromatic rings. The summed E-state index contributed by atoms with van der Waals surface area (Å²) in [7, 11) is 0. The molecule has 6 heteroatoms. The Hall–Kier alpha value is -2.63. The van der Waals surface area contributed by atoms with Crippen LogP contribution in [-0.2, 0) is 24.2 Å². The predicted molar refractivity (Wildman–Crippen MR) is 101 cm³/mol. The number of amides is 1. The van der Waals surface area contributed by atoms with Crippen molar-refractivity contribution in [3.63, 3.8) is 0 Å². The number of nitrogens with one attached hydrogen (secondary N) is 1. The van der Waals surface area contributed by atoms with Crippen LogP contribution in [0.25, 0.3) is 0 Å². The fraction of sp³-hybridized carbons (Fsp3) is 0.450. The first-order valence-corrected chi connectivity index (χ1v) is 8.94. The fourth-order valence-electron chi connectivity index (χ4n) is 2.96. The third kappa shape index (κ3) is 4.50. The summed E-state index contributed by atoms with van der Waals surface area (Å²) in [4.78, 5) is 23.2. The number of ether oxygens (including phenoxy) is 1. The lowest BCUT2D eigenvalue weighted by Gasteiger charge is -2.31. The first-order valence-electron chi connectivity index (χ1n) is 8.94. The van der Waals surface area contributed by atoms with Crippen LogP contribution in [0.5, 0.6) is 0 Å². The molecule has 1 aromatic heterocycles. The van der Waals surface area contributed by atoms with E-state index in [-0.39, 0.29) is 6.09 Å². The number of carbonyl (C=O) groups is 1. The average Bonchev–Trinajstić information content (AvgIpc) is 2.58. The van der Waals surface area contributed by atoms with Crippen molar-refractivity contribution >= 4 is 11.9 Å². The highest BCUT2D eigenvalue weighted by Gasteiger charge is 2.28. The highest BCUT2D eigenvalue weighted by atomic mass is 16.6. The normalized spacial score (nSPS) is 13.9. The van der Waals surface area contributed by atoms with E-state index in [0.717, 1.165) is 17.1 Å². The van der Waals surface area contributed by atoms with Crippen LogP contribution in [0.2, 0.25) is 0 Å². The molecule has 0 bridgehead atoms. The lowest BCUT2D eigenvalue weighted by atomic mass is 10.1. The van der Waals surface area contributed by atoms with Gasteiger partial charge in [-0.2, -0.15) is 0 Å². The van der Waals surface area contributed by atoms with E-state index < -0.39 is 5.60 Å². The molecule has 6 nitrogen and oxygen atoms in total. The Morgan fingerprint density at radius 3 is 2.65 bits per heavy atom. The summed E-state index contributed by atoms with van der Waals surface area (Å²) < 4.78 is 5.49. The Morgan fingerprint density at radius 2 is 1.96 bits per heavy atom. The van der Waals surface area contributed by atoms with Crippen molar-refractivity contribution in [2.24, 2.45) is 0 Å². The van der Waals surface area contributed by atoms with Crippen molar-refractivity contribution in [2.75, 3.05) is 11.9 Å². The number of anilines is 1. The third-order valence-electron chi connectivity index (χ3n) is 4.13. The van der Waals surface area contributed by atoms with Crippen LogP contribution in [0.4, 0.5) is 10.6 Å². The van der Waals surface area contributed by atoms with Gasteiger partial charge in [0, 0.05) is 18.7 Å². The summed E-state index contributed by atoms with van der Waals surface area (Å²) in [6.07, 6.45) is 0.421. The molecule has 3 rings (SSSR count). The zero-order chi connectivity index (χ0) is 18.7. The molecule has 0 atom stereocenters. The highest BCUT2D eigenvalue weighted by molar-refractivity contribution is 5.69. The number of hydrogen-bond acceptors (Lipinski definition) is 5. The number of rotatable bonds is 3. The minimum atomic E-state index is -0.499. The van der Waals surface area contributed by atoms with Crippen LogP contribution in [0.3, 0.4) is 0 Å². The van der Waals surface area contributed by atoms with Crippen molar-refractivity contribution in [2.45, 2.75) is 52.8 Å². The van der Waals surface area contributed by atoms with Crippen LogP contribution < -0.4 is 5.32 Å². The van der Waals surface area contributed by atoms with Crippen LogP contribution in [-0.4, -0.2) is 33.1 Å². The predicted octanol–water partition coefficient (Wildman–Crippen LogP) is 3.69. The van der Waals surface area contributed by atoms with Crippen molar-refractivity contribution in [1.82, 2.24) is 14.9 Å². The molecular weight excluding hydrogens is 328 g/mol. The molecule has 0 spiro atoms. The topological polar surface area (TPSA) is 67.4 Å². The van der Waals surface area contributed by atoms with Gasteiger partial charge in [0.2, 0.25) is 0 Å². The zero-order valence-electron chi connectivity index (χ0n) is 15.9. The van der Waals surface area contributed by atoms with Gasteiger partial charge in [-0.3, -0.25) is 0 Å². The van der Waals surface area contributed by atoms with Gasteiger partial charge in [-0.15, -0.1) is 0 Å². The van der Waals surface area contributed by atoms with Crippen molar-refractivity contribution in [1.29, 1.82) is 0 Å². The van der Waals surface area contributed by atoms with Crippen molar-refractivity contribution in [3.8, 4) is 0 Å². The van der Waals surface area contributed by atoms with Gasteiger partial charge in [0.25, 0.3) is 0 Å². The maximum absolute atomic E-state index is 12.3. The summed E-state index contributed by atoms with van der Waals surface area (Å²) in [6.45, 7) is 9.27. The quantitative estimate of drug-likeness (QED) is 0.910. The summed E-state index contributed by atoms with van der Waals surface area (Å²) in [5, 5.41) is 3.43. The van der Waals surface area contributed by atoms with Crippen molar-refractivity contribution < 1.29 is 9.53 Å². The molecule has 1 N–H and O–H groups in total. The first kappa shape index (κ1) is 18.2. The van der Waals surface area contributed by atoms with Gasteiger partial charge in [-0.1, -0.05) is 30.3 Å². The van der Waals surface area contributed by atoms with E-state index in [4.69, 9.17) is 4.74 Å². The lowest BCUT2D eigenvalue weighted by Crippen LogP contribution is -2.40. The molecule has 138 valence electrons. The smallest absolute Gasteiger partial charge is 0.410 e. The Balaban J connectivity index is 1.75.